The molecule has 29 heavy (non-hydrogen) atoms. The third-order valence-corrected chi connectivity index (χ3v) is 5.94. The Labute approximate surface area is 182 Å². The number of hydrogen-bond donors (Lipinski definition) is 1. The smallest absolute Gasteiger partial charge is 0.241 e. The van der Waals surface area contributed by atoms with Gasteiger partial charge in [-0.25, -0.2) is 4.39 Å². The number of carbonyl (C=O) groups excluding carboxylic acids is 2. The number of piperazine rings is 1. The lowest BCUT2D eigenvalue weighted by Gasteiger charge is -2.37. The molecule has 1 atom stereocenters. The molecule has 2 amide bonds. The fraction of sp³-hybridized carbons (Fsp3) is 0.333. The van der Waals surface area contributed by atoms with E-state index in [1.54, 1.807) is 24.0 Å². The monoisotopic (exact) mass is 481 g/mol. The molecule has 154 valence electrons. The molecular weight excluding hydrogens is 461 g/mol. The van der Waals surface area contributed by atoms with Crippen LogP contribution in [-0.2, 0) is 16.0 Å². The lowest BCUT2D eigenvalue weighted by Crippen LogP contribution is -2.54. The Morgan fingerprint density at radius 1 is 1.17 bits per heavy atom. The summed E-state index contributed by atoms with van der Waals surface area (Å²) in [5, 5.41) is 3.22. The van der Waals surface area contributed by atoms with Crippen LogP contribution in [0, 0.1) is 5.82 Å². The first kappa shape index (κ1) is 21.7. The summed E-state index contributed by atoms with van der Waals surface area (Å²) in [6.07, 6.45) is 0.262. The molecule has 2 aromatic carbocycles. The van der Waals surface area contributed by atoms with E-state index in [2.05, 4.69) is 21.2 Å². The van der Waals surface area contributed by atoms with Crippen LogP contribution in [0.3, 0.4) is 0 Å². The number of anilines is 1. The van der Waals surface area contributed by atoms with Crippen molar-refractivity contribution in [2.24, 2.45) is 0 Å². The van der Waals surface area contributed by atoms with Gasteiger partial charge in [0.15, 0.2) is 0 Å². The van der Waals surface area contributed by atoms with Crippen LogP contribution in [0.1, 0.15) is 12.5 Å². The summed E-state index contributed by atoms with van der Waals surface area (Å²) in [7, 11) is 0. The Morgan fingerprint density at radius 3 is 2.52 bits per heavy atom. The number of nitrogens with one attached hydrogen (secondary N) is 1. The SMILES string of the molecule is CC(C(=O)Nc1ccc(Br)cc1F)N1CCN(C(=O)Cc2ccccc2Cl)CC1. The van der Waals surface area contributed by atoms with Gasteiger partial charge >= 0.3 is 0 Å². The lowest BCUT2D eigenvalue weighted by atomic mass is 10.1. The van der Waals surface area contributed by atoms with Gasteiger partial charge in [0.2, 0.25) is 11.8 Å². The van der Waals surface area contributed by atoms with E-state index in [9.17, 15) is 14.0 Å². The van der Waals surface area contributed by atoms with Gasteiger partial charge < -0.3 is 10.2 Å². The first-order valence-electron chi connectivity index (χ1n) is 9.36. The molecule has 0 bridgehead atoms. The number of halogens is 3. The highest BCUT2D eigenvalue weighted by atomic mass is 79.9. The molecule has 5 nitrogen and oxygen atoms in total. The van der Waals surface area contributed by atoms with Crippen LogP contribution in [0.5, 0.6) is 0 Å². The first-order valence-corrected chi connectivity index (χ1v) is 10.5. The molecular formula is C21H22BrClFN3O2. The summed E-state index contributed by atoms with van der Waals surface area (Å²) < 4.78 is 14.6. The topological polar surface area (TPSA) is 52.7 Å². The van der Waals surface area contributed by atoms with Crippen molar-refractivity contribution in [3.05, 3.63) is 63.3 Å². The van der Waals surface area contributed by atoms with E-state index in [0.29, 0.717) is 35.7 Å². The van der Waals surface area contributed by atoms with Crippen LogP contribution in [0.15, 0.2) is 46.9 Å². The van der Waals surface area contributed by atoms with Crippen molar-refractivity contribution in [2.75, 3.05) is 31.5 Å². The molecule has 2 aromatic rings. The zero-order chi connectivity index (χ0) is 21.0. The van der Waals surface area contributed by atoms with Gasteiger partial charge in [0, 0.05) is 35.7 Å². The number of benzene rings is 2. The van der Waals surface area contributed by atoms with E-state index in [4.69, 9.17) is 11.6 Å². The van der Waals surface area contributed by atoms with Crippen LogP contribution < -0.4 is 5.32 Å². The van der Waals surface area contributed by atoms with Crippen LogP contribution >= 0.6 is 27.5 Å². The highest BCUT2D eigenvalue weighted by Gasteiger charge is 2.28. The van der Waals surface area contributed by atoms with Crippen LogP contribution in [-0.4, -0.2) is 53.8 Å². The third kappa shape index (κ3) is 5.56. The van der Waals surface area contributed by atoms with Gasteiger partial charge in [-0.2, -0.15) is 0 Å². The highest BCUT2D eigenvalue weighted by molar-refractivity contribution is 9.10. The summed E-state index contributed by atoms with van der Waals surface area (Å²) in [5.41, 5.74) is 0.962. The van der Waals surface area contributed by atoms with Crippen LogP contribution in [0.4, 0.5) is 10.1 Å². The number of amides is 2. The highest BCUT2D eigenvalue weighted by Crippen LogP contribution is 2.20. The molecule has 1 aliphatic heterocycles. The fourth-order valence-corrected chi connectivity index (χ4v) is 3.80. The van der Waals surface area contributed by atoms with Crippen molar-refractivity contribution in [3.8, 4) is 0 Å². The van der Waals surface area contributed by atoms with Crippen molar-refractivity contribution in [2.45, 2.75) is 19.4 Å². The van der Waals surface area contributed by atoms with Crippen LogP contribution in [0.25, 0.3) is 0 Å². The van der Waals surface area contributed by atoms with Crippen molar-refractivity contribution < 1.29 is 14.0 Å². The molecule has 1 saturated heterocycles. The molecule has 0 spiro atoms. The minimum absolute atomic E-state index is 0.0202. The maximum Gasteiger partial charge on any atom is 0.241 e. The normalized spacial score (nSPS) is 15.8. The maximum atomic E-state index is 14.0. The molecule has 0 aliphatic carbocycles. The zero-order valence-electron chi connectivity index (χ0n) is 16.0. The van der Waals surface area contributed by atoms with Gasteiger partial charge in [-0.15, -0.1) is 0 Å². The predicted octanol–water partition coefficient (Wildman–Crippen LogP) is 3.96. The molecule has 1 heterocycles. The first-order chi connectivity index (χ1) is 13.8. The second kappa shape index (κ2) is 9.69. The fourth-order valence-electron chi connectivity index (χ4n) is 3.27. The number of carbonyl (C=O) groups is 2. The molecule has 0 radical (unpaired) electrons. The van der Waals surface area contributed by atoms with Gasteiger partial charge in [0.05, 0.1) is 18.2 Å². The molecule has 0 saturated carbocycles. The molecule has 3 rings (SSSR count). The summed E-state index contributed by atoms with van der Waals surface area (Å²) in [6, 6.07) is 11.4. The summed E-state index contributed by atoms with van der Waals surface area (Å²) in [6.45, 7) is 4.01. The summed E-state index contributed by atoms with van der Waals surface area (Å²) in [4.78, 5) is 28.9. The molecule has 1 aliphatic rings. The van der Waals surface area contributed by atoms with Gasteiger partial charge in [-0.1, -0.05) is 45.7 Å². The van der Waals surface area contributed by atoms with Crippen molar-refractivity contribution in [3.63, 3.8) is 0 Å². The number of hydrogen-bond acceptors (Lipinski definition) is 3. The van der Waals surface area contributed by atoms with Gasteiger partial charge in [-0.05, 0) is 36.8 Å². The molecule has 1 unspecified atom stereocenters. The Hall–Kier alpha value is -1.96. The summed E-state index contributed by atoms with van der Waals surface area (Å²) >= 11 is 9.34. The van der Waals surface area contributed by atoms with Crippen LogP contribution in [0.2, 0.25) is 5.02 Å². The lowest BCUT2D eigenvalue weighted by molar-refractivity contribution is -0.133. The predicted molar refractivity (Wildman–Crippen MR) is 116 cm³/mol. The molecule has 8 heteroatoms. The Bertz CT molecular complexity index is 903. The average Bonchev–Trinajstić information content (AvgIpc) is 2.71. The largest absolute Gasteiger partial charge is 0.340 e. The average molecular weight is 483 g/mol. The minimum atomic E-state index is -0.491. The van der Waals surface area contributed by atoms with E-state index in [0.717, 1.165) is 5.56 Å². The van der Waals surface area contributed by atoms with Crippen molar-refractivity contribution in [1.82, 2.24) is 9.80 Å². The van der Waals surface area contributed by atoms with E-state index in [1.165, 1.54) is 12.1 Å². The van der Waals surface area contributed by atoms with E-state index >= 15 is 0 Å². The quantitative estimate of drug-likeness (QED) is 0.702. The number of nitrogens with zero attached hydrogens (tertiary/aromatic N) is 2. The second-order valence-corrected chi connectivity index (χ2v) is 8.30. The molecule has 1 fully saturated rings. The second-order valence-electron chi connectivity index (χ2n) is 6.97. The van der Waals surface area contributed by atoms with Gasteiger partial charge in [0.25, 0.3) is 0 Å². The third-order valence-electron chi connectivity index (χ3n) is 5.08. The van der Waals surface area contributed by atoms with E-state index in [-0.39, 0.29) is 23.9 Å². The molecule has 1 N–H and O–H groups in total. The zero-order valence-corrected chi connectivity index (χ0v) is 18.3. The Morgan fingerprint density at radius 2 is 1.86 bits per heavy atom. The Kier molecular flexibility index (Phi) is 7.27. The molecule has 0 aromatic heterocycles. The summed E-state index contributed by atoms with van der Waals surface area (Å²) in [5.74, 6) is -0.747. The van der Waals surface area contributed by atoms with Crippen molar-refractivity contribution >= 4 is 45.0 Å². The minimum Gasteiger partial charge on any atom is -0.340 e. The van der Waals surface area contributed by atoms with Gasteiger partial charge in [0.1, 0.15) is 5.82 Å². The Balaban J connectivity index is 1.52. The standard InChI is InChI=1S/C21H22BrClFN3O2/c1-14(21(29)25-19-7-6-16(22)13-18(19)24)26-8-10-27(11-9-26)20(28)12-15-4-2-3-5-17(15)23/h2-7,13-14H,8-12H2,1H3,(H,25,29). The number of rotatable bonds is 5. The maximum absolute atomic E-state index is 14.0. The van der Waals surface area contributed by atoms with Gasteiger partial charge in [-0.3, -0.25) is 14.5 Å². The van der Waals surface area contributed by atoms with E-state index < -0.39 is 11.9 Å². The van der Waals surface area contributed by atoms with Crippen molar-refractivity contribution in [1.29, 1.82) is 0 Å². The van der Waals surface area contributed by atoms with E-state index in [1.807, 2.05) is 23.1 Å².